The number of nitrogen functional groups attached to an aromatic ring is 1. The summed E-state index contributed by atoms with van der Waals surface area (Å²) in [7, 11) is 0. The van der Waals surface area contributed by atoms with Gasteiger partial charge in [0, 0.05) is 11.8 Å². The lowest BCUT2D eigenvalue weighted by atomic mass is 10.2. The number of anilines is 1. The predicted octanol–water partition coefficient (Wildman–Crippen LogP) is 2.44. The molecule has 0 radical (unpaired) electrons. The van der Waals surface area contributed by atoms with Crippen molar-refractivity contribution in [2.45, 2.75) is 6.43 Å². The molecule has 0 saturated carbocycles. The molecule has 2 rings (SSSR count). The highest BCUT2D eigenvalue weighted by molar-refractivity contribution is 6.30. The highest BCUT2D eigenvalue weighted by Crippen LogP contribution is 2.18. The molecule has 0 aliphatic carbocycles. The molecule has 2 heterocycles. The summed E-state index contributed by atoms with van der Waals surface area (Å²) in [6, 6.07) is 2.42. The minimum atomic E-state index is -2.57. The van der Waals surface area contributed by atoms with Crippen LogP contribution in [0.5, 0.6) is 0 Å². The molecule has 2 aromatic heterocycles. The van der Waals surface area contributed by atoms with Crippen LogP contribution in [0, 0.1) is 11.8 Å². The standard InChI is InChI=1S/C12H7ClF2N4/c13-10-9(12(16)19-6-18-10)2-1-8-5-7(11(14)15)3-4-17-8/h3-6,11H,(H2,16,18,19). The van der Waals surface area contributed by atoms with Crippen molar-refractivity contribution in [3.63, 3.8) is 0 Å². The zero-order valence-electron chi connectivity index (χ0n) is 9.44. The van der Waals surface area contributed by atoms with Crippen LogP contribution in [0.25, 0.3) is 0 Å². The van der Waals surface area contributed by atoms with Crippen LogP contribution in [0.4, 0.5) is 14.6 Å². The summed E-state index contributed by atoms with van der Waals surface area (Å²) in [6.45, 7) is 0. The molecule has 0 aromatic carbocycles. The molecule has 0 saturated heterocycles. The third-order valence-electron chi connectivity index (χ3n) is 2.18. The van der Waals surface area contributed by atoms with Crippen molar-refractivity contribution in [1.29, 1.82) is 0 Å². The van der Waals surface area contributed by atoms with Gasteiger partial charge < -0.3 is 5.73 Å². The van der Waals surface area contributed by atoms with E-state index in [1.54, 1.807) is 0 Å². The lowest BCUT2D eigenvalue weighted by Crippen LogP contribution is -1.97. The third-order valence-corrected chi connectivity index (χ3v) is 2.47. The Morgan fingerprint density at radius 3 is 2.68 bits per heavy atom. The Labute approximate surface area is 112 Å². The Bertz CT molecular complexity index is 644. The molecule has 7 heteroatoms. The Hall–Kier alpha value is -2.26. The van der Waals surface area contributed by atoms with Crippen molar-refractivity contribution in [2.24, 2.45) is 0 Å². The van der Waals surface area contributed by atoms with Crippen LogP contribution in [-0.4, -0.2) is 15.0 Å². The van der Waals surface area contributed by atoms with Gasteiger partial charge in [0.05, 0.1) is 0 Å². The summed E-state index contributed by atoms with van der Waals surface area (Å²) in [6.07, 6.45) is -0.103. The molecule has 0 aliphatic rings. The molecule has 0 fully saturated rings. The second kappa shape index (κ2) is 5.59. The summed E-state index contributed by atoms with van der Waals surface area (Å²) >= 11 is 5.80. The maximum Gasteiger partial charge on any atom is 0.264 e. The highest BCUT2D eigenvalue weighted by Gasteiger charge is 2.07. The minimum Gasteiger partial charge on any atom is -0.383 e. The molecule has 2 aromatic rings. The van der Waals surface area contributed by atoms with Gasteiger partial charge in [0.15, 0.2) is 0 Å². The van der Waals surface area contributed by atoms with Crippen LogP contribution in [-0.2, 0) is 0 Å². The number of hydrogen-bond acceptors (Lipinski definition) is 4. The van der Waals surface area contributed by atoms with E-state index in [1.807, 2.05) is 0 Å². The topological polar surface area (TPSA) is 64.7 Å². The molecule has 0 bridgehead atoms. The fourth-order valence-corrected chi connectivity index (χ4v) is 1.46. The molecule has 0 unspecified atom stereocenters. The fraction of sp³-hybridized carbons (Fsp3) is 0.0833. The van der Waals surface area contributed by atoms with Crippen molar-refractivity contribution in [2.75, 3.05) is 5.73 Å². The molecule has 0 amide bonds. The van der Waals surface area contributed by atoms with E-state index < -0.39 is 6.43 Å². The van der Waals surface area contributed by atoms with E-state index in [1.165, 1.54) is 24.7 Å². The van der Waals surface area contributed by atoms with Crippen LogP contribution in [0.15, 0.2) is 24.7 Å². The Balaban J connectivity index is 2.37. The second-order valence-corrected chi connectivity index (χ2v) is 3.81. The van der Waals surface area contributed by atoms with Crippen LogP contribution < -0.4 is 5.73 Å². The number of alkyl halides is 2. The quantitative estimate of drug-likeness (QED) is 0.644. The molecule has 0 atom stereocenters. The third kappa shape index (κ3) is 3.14. The zero-order chi connectivity index (χ0) is 13.8. The van der Waals surface area contributed by atoms with Gasteiger partial charge in [-0.05, 0) is 18.1 Å². The van der Waals surface area contributed by atoms with Gasteiger partial charge in [-0.1, -0.05) is 17.5 Å². The van der Waals surface area contributed by atoms with E-state index in [0.717, 1.165) is 0 Å². The smallest absolute Gasteiger partial charge is 0.264 e. The van der Waals surface area contributed by atoms with Crippen molar-refractivity contribution in [3.05, 3.63) is 46.6 Å². The number of aromatic nitrogens is 3. The molecular formula is C12H7ClF2N4. The first-order valence-corrected chi connectivity index (χ1v) is 5.48. The fourth-order valence-electron chi connectivity index (χ4n) is 1.27. The van der Waals surface area contributed by atoms with E-state index in [-0.39, 0.29) is 27.8 Å². The molecule has 2 N–H and O–H groups in total. The first-order valence-electron chi connectivity index (χ1n) is 5.10. The zero-order valence-corrected chi connectivity index (χ0v) is 10.2. The molecule has 19 heavy (non-hydrogen) atoms. The number of halogens is 3. The Kier molecular flexibility index (Phi) is 3.88. The SMILES string of the molecule is Nc1ncnc(Cl)c1C#Cc1cc(C(F)F)ccn1. The monoisotopic (exact) mass is 280 g/mol. The lowest BCUT2D eigenvalue weighted by Gasteiger charge is -1.99. The van der Waals surface area contributed by atoms with Gasteiger partial charge >= 0.3 is 0 Å². The largest absolute Gasteiger partial charge is 0.383 e. The summed E-state index contributed by atoms with van der Waals surface area (Å²) in [4.78, 5) is 11.3. The van der Waals surface area contributed by atoms with E-state index in [2.05, 4.69) is 26.8 Å². The van der Waals surface area contributed by atoms with Crippen LogP contribution in [0.1, 0.15) is 23.2 Å². The van der Waals surface area contributed by atoms with Gasteiger partial charge in [0.1, 0.15) is 28.6 Å². The minimum absolute atomic E-state index is 0.102. The van der Waals surface area contributed by atoms with Crippen molar-refractivity contribution >= 4 is 17.4 Å². The van der Waals surface area contributed by atoms with Gasteiger partial charge in [-0.15, -0.1) is 0 Å². The van der Waals surface area contributed by atoms with Gasteiger partial charge in [-0.3, -0.25) is 0 Å². The molecule has 0 spiro atoms. The lowest BCUT2D eigenvalue weighted by molar-refractivity contribution is 0.151. The van der Waals surface area contributed by atoms with Crippen molar-refractivity contribution in [3.8, 4) is 11.8 Å². The maximum absolute atomic E-state index is 12.5. The van der Waals surface area contributed by atoms with E-state index in [9.17, 15) is 8.78 Å². The first kappa shape index (κ1) is 13.2. The van der Waals surface area contributed by atoms with Crippen molar-refractivity contribution in [1.82, 2.24) is 15.0 Å². The molecular weight excluding hydrogens is 274 g/mol. The van der Waals surface area contributed by atoms with E-state index in [0.29, 0.717) is 0 Å². The van der Waals surface area contributed by atoms with E-state index >= 15 is 0 Å². The van der Waals surface area contributed by atoms with Gasteiger partial charge in [0.25, 0.3) is 6.43 Å². The summed E-state index contributed by atoms with van der Waals surface area (Å²) in [5.74, 6) is 5.35. The highest BCUT2D eigenvalue weighted by atomic mass is 35.5. The number of nitrogens with two attached hydrogens (primary N) is 1. The average Bonchev–Trinajstić information content (AvgIpc) is 2.38. The number of pyridine rings is 1. The second-order valence-electron chi connectivity index (χ2n) is 3.45. The molecule has 0 aliphatic heterocycles. The van der Waals surface area contributed by atoms with Crippen LogP contribution in [0.3, 0.4) is 0 Å². The Morgan fingerprint density at radius 1 is 1.21 bits per heavy atom. The summed E-state index contributed by atoms with van der Waals surface area (Å²) in [5.41, 5.74) is 5.87. The van der Waals surface area contributed by atoms with Crippen LogP contribution in [0.2, 0.25) is 5.15 Å². The number of nitrogens with zero attached hydrogens (tertiary/aromatic N) is 3. The molecule has 4 nitrogen and oxygen atoms in total. The average molecular weight is 281 g/mol. The predicted molar refractivity (Wildman–Crippen MR) is 66.6 cm³/mol. The van der Waals surface area contributed by atoms with Crippen LogP contribution >= 0.6 is 11.6 Å². The Morgan fingerprint density at radius 2 is 2.00 bits per heavy atom. The van der Waals surface area contributed by atoms with Gasteiger partial charge in [-0.2, -0.15) is 0 Å². The summed E-state index contributed by atoms with van der Waals surface area (Å²) in [5, 5.41) is 0.102. The van der Waals surface area contributed by atoms with E-state index in [4.69, 9.17) is 17.3 Å². The van der Waals surface area contributed by atoms with Gasteiger partial charge in [-0.25, -0.2) is 23.7 Å². The van der Waals surface area contributed by atoms with Crippen molar-refractivity contribution < 1.29 is 8.78 Å². The summed E-state index contributed by atoms with van der Waals surface area (Å²) < 4.78 is 25.0. The maximum atomic E-state index is 12.5. The number of hydrogen-bond donors (Lipinski definition) is 1. The van der Waals surface area contributed by atoms with Gasteiger partial charge in [0.2, 0.25) is 0 Å². The first-order chi connectivity index (χ1) is 9.08. The normalized spacial score (nSPS) is 10.1. The number of rotatable bonds is 1. The molecule has 96 valence electrons.